The average Bonchev–Trinajstić information content (AvgIpc) is 3.31. The fraction of sp³-hybridized carbons (Fsp3) is 0.316. The number of hydrogen-bond donors (Lipinski definition) is 2. The first-order valence-corrected chi connectivity index (χ1v) is 8.32. The van der Waals surface area contributed by atoms with Crippen molar-refractivity contribution in [3.8, 4) is 0 Å². The molecule has 0 saturated heterocycles. The Morgan fingerprint density at radius 2 is 1.79 bits per heavy atom. The van der Waals surface area contributed by atoms with Gasteiger partial charge in [0.05, 0.1) is 5.71 Å². The molecule has 0 unspecified atom stereocenters. The van der Waals surface area contributed by atoms with Gasteiger partial charge in [0.2, 0.25) is 0 Å². The van der Waals surface area contributed by atoms with E-state index in [1.54, 1.807) is 0 Å². The van der Waals surface area contributed by atoms with Gasteiger partial charge < -0.3 is 5.32 Å². The van der Waals surface area contributed by atoms with Crippen LogP contribution >= 0.6 is 0 Å². The van der Waals surface area contributed by atoms with Crippen molar-refractivity contribution in [3.63, 3.8) is 0 Å². The van der Waals surface area contributed by atoms with Crippen molar-refractivity contribution in [3.05, 3.63) is 47.0 Å². The molecule has 0 bridgehead atoms. The summed E-state index contributed by atoms with van der Waals surface area (Å²) in [6.07, 6.45) is 4.04. The van der Waals surface area contributed by atoms with Crippen molar-refractivity contribution < 1.29 is 9.59 Å². The third kappa shape index (κ3) is 2.66. The fourth-order valence-corrected chi connectivity index (χ4v) is 3.29. The summed E-state index contributed by atoms with van der Waals surface area (Å²) >= 11 is 0. The molecular formula is C19H19N3O2. The molecule has 4 rings (SSSR count). The lowest BCUT2D eigenvalue weighted by Crippen LogP contribution is -2.39. The Labute approximate surface area is 140 Å². The molecule has 122 valence electrons. The van der Waals surface area contributed by atoms with E-state index < -0.39 is 11.8 Å². The molecule has 5 nitrogen and oxygen atoms in total. The van der Waals surface area contributed by atoms with Gasteiger partial charge in [-0.2, -0.15) is 5.10 Å². The first kappa shape index (κ1) is 14.9. The lowest BCUT2D eigenvalue weighted by Gasteiger charge is -2.09. The van der Waals surface area contributed by atoms with Crippen molar-refractivity contribution >= 4 is 28.3 Å². The van der Waals surface area contributed by atoms with Gasteiger partial charge in [0.1, 0.15) is 0 Å². The molecule has 0 aliphatic heterocycles. The standard InChI is InChI=1S/C19H19N3O2/c1-11(21-22-19(24)18(23)20-14-8-9-14)15-10-7-13-6-5-12-3-2-4-16(15)17(12)13/h2-4,7,10,14H,5-6,8-9H2,1H3,(H,20,23)(H,22,24)/b21-11+. The number of rotatable bonds is 3. The Hall–Kier alpha value is -2.69. The normalized spacial score (nSPS) is 16.3. The monoisotopic (exact) mass is 321 g/mol. The smallest absolute Gasteiger partial charge is 0.329 e. The highest BCUT2D eigenvalue weighted by Gasteiger charge is 2.26. The van der Waals surface area contributed by atoms with E-state index in [0.717, 1.165) is 36.6 Å². The van der Waals surface area contributed by atoms with E-state index in [1.165, 1.54) is 16.5 Å². The maximum atomic E-state index is 11.8. The average molecular weight is 321 g/mol. The molecule has 5 heteroatoms. The van der Waals surface area contributed by atoms with Gasteiger partial charge in [-0.3, -0.25) is 9.59 Å². The van der Waals surface area contributed by atoms with Gasteiger partial charge in [0, 0.05) is 11.6 Å². The van der Waals surface area contributed by atoms with E-state index in [4.69, 9.17) is 0 Å². The number of aryl methyl sites for hydroxylation is 2. The Bertz CT molecular complexity index is 871. The van der Waals surface area contributed by atoms with Gasteiger partial charge >= 0.3 is 11.8 Å². The number of hydrazone groups is 1. The highest BCUT2D eigenvalue weighted by atomic mass is 16.2. The van der Waals surface area contributed by atoms with Gasteiger partial charge in [-0.15, -0.1) is 0 Å². The molecule has 0 radical (unpaired) electrons. The zero-order valence-electron chi connectivity index (χ0n) is 13.6. The number of carbonyl (C=O) groups is 2. The van der Waals surface area contributed by atoms with Crippen molar-refractivity contribution in [1.82, 2.24) is 10.7 Å². The first-order valence-electron chi connectivity index (χ1n) is 8.32. The summed E-state index contributed by atoms with van der Waals surface area (Å²) in [5.74, 6) is -1.33. The van der Waals surface area contributed by atoms with Crippen molar-refractivity contribution in [2.24, 2.45) is 5.10 Å². The van der Waals surface area contributed by atoms with E-state index in [9.17, 15) is 9.59 Å². The van der Waals surface area contributed by atoms with Gasteiger partial charge in [0.25, 0.3) is 0 Å². The minimum Gasteiger partial charge on any atom is -0.345 e. The molecule has 2 aromatic carbocycles. The predicted molar refractivity (Wildman–Crippen MR) is 92.9 cm³/mol. The number of nitrogens with zero attached hydrogens (tertiary/aromatic N) is 1. The van der Waals surface area contributed by atoms with E-state index >= 15 is 0 Å². The topological polar surface area (TPSA) is 70.6 Å². The molecular weight excluding hydrogens is 302 g/mol. The lowest BCUT2D eigenvalue weighted by atomic mass is 9.98. The summed E-state index contributed by atoms with van der Waals surface area (Å²) < 4.78 is 0. The third-order valence-electron chi connectivity index (χ3n) is 4.71. The molecule has 0 atom stereocenters. The zero-order valence-corrected chi connectivity index (χ0v) is 13.6. The van der Waals surface area contributed by atoms with Crippen LogP contribution in [0.15, 0.2) is 35.4 Å². The summed E-state index contributed by atoms with van der Waals surface area (Å²) in [6, 6.07) is 10.6. The quantitative estimate of drug-likeness (QED) is 0.516. The number of nitrogens with one attached hydrogen (secondary N) is 2. The Kier molecular flexibility index (Phi) is 3.56. The van der Waals surface area contributed by atoms with Crippen molar-refractivity contribution in [2.75, 3.05) is 0 Å². The minimum absolute atomic E-state index is 0.157. The van der Waals surface area contributed by atoms with Crippen LogP contribution in [0.25, 0.3) is 10.8 Å². The minimum atomic E-state index is -0.716. The molecule has 0 heterocycles. The molecule has 2 amide bonds. The van der Waals surface area contributed by atoms with E-state index in [1.807, 2.05) is 13.0 Å². The van der Waals surface area contributed by atoms with Crippen LogP contribution in [-0.4, -0.2) is 23.6 Å². The Morgan fingerprint density at radius 3 is 2.54 bits per heavy atom. The second-order valence-corrected chi connectivity index (χ2v) is 6.50. The SMILES string of the molecule is C/C(=N\NC(=O)C(=O)NC1CC1)c1ccc2c3c(cccc13)CC2. The highest BCUT2D eigenvalue weighted by Crippen LogP contribution is 2.32. The van der Waals surface area contributed by atoms with E-state index in [0.29, 0.717) is 5.71 Å². The number of hydrogen-bond acceptors (Lipinski definition) is 3. The fourth-order valence-electron chi connectivity index (χ4n) is 3.29. The van der Waals surface area contributed by atoms with Crippen LogP contribution < -0.4 is 10.7 Å². The second-order valence-electron chi connectivity index (χ2n) is 6.50. The van der Waals surface area contributed by atoms with Crippen LogP contribution in [0.3, 0.4) is 0 Å². The molecule has 2 N–H and O–H groups in total. The van der Waals surface area contributed by atoms with Crippen LogP contribution in [0.4, 0.5) is 0 Å². The van der Waals surface area contributed by atoms with Crippen LogP contribution in [0.2, 0.25) is 0 Å². The van der Waals surface area contributed by atoms with E-state index in [2.05, 4.69) is 40.1 Å². The van der Waals surface area contributed by atoms with Gasteiger partial charge in [-0.05, 0) is 54.5 Å². The Balaban J connectivity index is 1.58. The van der Waals surface area contributed by atoms with Crippen LogP contribution in [0.1, 0.15) is 36.5 Å². The molecule has 1 saturated carbocycles. The van der Waals surface area contributed by atoms with Crippen LogP contribution in [0.5, 0.6) is 0 Å². The molecule has 0 spiro atoms. The number of carbonyl (C=O) groups excluding carboxylic acids is 2. The summed E-state index contributed by atoms with van der Waals surface area (Å²) in [7, 11) is 0. The molecule has 0 aromatic heterocycles. The maximum absolute atomic E-state index is 11.8. The summed E-state index contributed by atoms with van der Waals surface area (Å²) in [5.41, 5.74) is 6.77. The molecule has 2 aliphatic carbocycles. The van der Waals surface area contributed by atoms with E-state index in [-0.39, 0.29) is 6.04 Å². The van der Waals surface area contributed by atoms with Crippen molar-refractivity contribution in [1.29, 1.82) is 0 Å². The molecule has 24 heavy (non-hydrogen) atoms. The van der Waals surface area contributed by atoms with Crippen LogP contribution in [0, 0.1) is 0 Å². The predicted octanol–water partition coefficient (Wildman–Crippen LogP) is 2.06. The number of benzene rings is 2. The van der Waals surface area contributed by atoms with Gasteiger partial charge in [0.15, 0.2) is 0 Å². The second kappa shape index (κ2) is 5.74. The highest BCUT2D eigenvalue weighted by molar-refractivity contribution is 6.35. The van der Waals surface area contributed by atoms with Gasteiger partial charge in [-0.25, -0.2) is 5.43 Å². The summed E-state index contributed by atoms with van der Waals surface area (Å²) in [5, 5.41) is 9.24. The summed E-state index contributed by atoms with van der Waals surface area (Å²) in [6.45, 7) is 1.85. The largest absolute Gasteiger partial charge is 0.345 e. The first-order chi connectivity index (χ1) is 11.6. The zero-order chi connectivity index (χ0) is 16.7. The van der Waals surface area contributed by atoms with Crippen molar-refractivity contribution in [2.45, 2.75) is 38.6 Å². The number of amides is 2. The Morgan fingerprint density at radius 1 is 1.04 bits per heavy atom. The summed E-state index contributed by atoms with van der Waals surface area (Å²) in [4.78, 5) is 23.5. The van der Waals surface area contributed by atoms with Crippen LogP contribution in [-0.2, 0) is 22.4 Å². The molecule has 2 aliphatic rings. The van der Waals surface area contributed by atoms with Gasteiger partial charge in [-0.1, -0.05) is 30.3 Å². The molecule has 1 fully saturated rings. The third-order valence-corrected chi connectivity index (χ3v) is 4.71. The maximum Gasteiger partial charge on any atom is 0.329 e. The molecule has 2 aromatic rings. The lowest BCUT2D eigenvalue weighted by molar-refractivity contribution is -0.139.